The van der Waals surface area contributed by atoms with E-state index in [2.05, 4.69) is 4.98 Å². The highest BCUT2D eigenvalue weighted by molar-refractivity contribution is 6.33. The Morgan fingerprint density at radius 2 is 2.11 bits per heavy atom. The van der Waals surface area contributed by atoms with Gasteiger partial charge in [-0.1, -0.05) is 23.2 Å². The quantitative estimate of drug-likeness (QED) is 0.806. The van der Waals surface area contributed by atoms with Crippen molar-refractivity contribution >= 4 is 29.1 Å². The third kappa shape index (κ3) is 4.06. The summed E-state index contributed by atoms with van der Waals surface area (Å²) in [4.78, 5) is 17.7. The van der Waals surface area contributed by atoms with Crippen LogP contribution in [0.5, 0.6) is 0 Å². The maximum atomic E-state index is 12.2. The van der Waals surface area contributed by atoms with Gasteiger partial charge in [0.05, 0.1) is 6.10 Å². The van der Waals surface area contributed by atoms with Crippen LogP contribution in [-0.4, -0.2) is 42.1 Å². The molecule has 1 saturated heterocycles. The second-order valence-corrected chi connectivity index (χ2v) is 5.45. The molecule has 0 N–H and O–H groups in total. The molecule has 0 bridgehead atoms. The molecule has 6 heteroatoms. The Labute approximate surface area is 122 Å². The van der Waals surface area contributed by atoms with Crippen molar-refractivity contribution in [2.75, 3.05) is 20.2 Å². The predicted molar refractivity (Wildman–Crippen MR) is 74.8 cm³/mol. The molecule has 1 fully saturated rings. The Hall–Kier alpha value is -0.840. The Morgan fingerprint density at radius 1 is 1.42 bits per heavy atom. The van der Waals surface area contributed by atoms with Gasteiger partial charge in [-0.3, -0.25) is 4.79 Å². The Morgan fingerprint density at radius 3 is 2.68 bits per heavy atom. The molecular formula is C13H16Cl2N2O2. The smallest absolute Gasteiger partial charge is 0.253 e. The molecule has 19 heavy (non-hydrogen) atoms. The number of carbonyl (C=O) groups excluding carboxylic acids is 1. The molecule has 1 aromatic heterocycles. The van der Waals surface area contributed by atoms with E-state index in [0.29, 0.717) is 12.1 Å². The van der Waals surface area contributed by atoms with Crippen molar-refractivity contribution in [3.05, 3.63) is 28.0 Å². The van der Waals surface area contributed by atoms with Crippen LogP contribution in [-0.2, 0) is 4.74 Å². The van der Waals surface area contributed by atoms with Crippen molar-refractivity contribution in [2.45, 2.75) is 25.4 Å². The lowest BCUT2D eigenvalue weighted by molar-refractivity contribution is -0.000188. The standard InChI is InChI=1S/C13H16Cl2N2O2/c1-17(8-10-4-2-3-5-19-10)13(18)9-6-11(14)16-12(15)7-9/h6-7,10H,2-5,8H2,1H3. The first-order valence-electron chi connectivity index (χ1n) is 6.26. The van der Waals surface area contributed by atoms with Crippen molar-refractivity contribution in [1.82, 2.24) is 9.88 Å². The summed E-state index contributed by atoms with van der Waals surface area (Å²) in [5, 5.41) is 0.441. The molecule has 1 atom stereocenters. The summed E-state index contributed by atoms with van der Waals surface area (Å²) in [5.41, 5.74) is 0.448. The summed E-state index contributed by atoms with van der Waals surface area (Å²) in [5.74, 6) is -0.125. The second-order valence-electron chi connectivity index (χ2n) is 4.68. The lowest BCUT2D eigenvalue weighted by Gasteiger charge is -2.27. The minimum atomic E-state index is -0.125. The van der Waals surface area contributed by atoms with Gasteiger partial charge in [0.1, 0.15) is 10.3 Å². The van der Waals surface area contributed by atoms with Crippen molar-refractivity contribution < 1.29 is 9.53 Å². The summed E-state index contributed by atoms with van der Waals surface area (Å²) in [6.07, 6.45) is 3.37. The number of rotatable bonds is 3. The highest BCUT2D eigenvalue weighted by Gasteiger charge is 2.20. The maximum Gasteiger partial charge on any atom is 0.253 e. The average Bonchev–Trinajstić information content (AvgIpc) is 2.37. The highest BCUT2D eigenvalue weighted by Crippen LogP contribution is 2.18. The summed E-state index contributed by atoms with van der Waals surface area (Å²) in [6.45, 7) is 1.36. The van der Waals surface area contributed by atoms with E-state index < -0.39 is 0 Å². The first kappa shape index (κ1) is 14.6. The van der Waals surface area contributed by atoms with Crippen molar-refractivity contribution in [2.24, 2.45) is 0 Å². The number of pyridine rings is 1. The first-order valence-corrected chi connectivity index (χ1v) is 7.02. The maximum absolute atomic E-state index is 12.2. The second kappa shape index (κ2) is 6.55. The molecule has 1 aliphatic heterocycles. The van der Waals surface area contributed by atoms with E-state index in [0.717, 1.165) is 25.9 Å². The van der Waals surface area contributed by atoms with E-state index in [9.17, 15) is 4.79 Å². The van der Waals surface area contributed by atoms with E-state index in [-0.39, 0.29) is 22.3 Å². The molecule has 0 saturated carbocycles. The Bertz CT molecular complexity index is 442. The van der Waals surface area contributed by atoms with Crippen molar-refractivity contribution in [3.63, 3.8) is 0 Å². The number of nitrogens with zero attached hydrogens (tertiary/aromatic N) is 2. The van der Waals surface area contributed by atoms with Crippen LogP contribution < -0.4 is 0 Å². The predicted octanol–water partition coefficient (Wildman–Crippen LogP) is 3.03. The number of likely N-dealkylation sites (N-methyl/N-ethyl adjacent to an activating group) is 1. The monoisotopic (exact) mass is 302 g/mol. The van der Waals surface area contributed by atoms with E-state index >= 15 is 0 Å². The first-order chi connectivity index (χ1) is 9.06. The largest absolute Gasteiger partial charge is 0.376 e. The summed E-state index contributed by atoms with van der Waals surface area (Å²) >= 11 is 11.6. The fraction of sp³-hybridized carbons (Fsp3) is 0.538. The van der Waals surface area contributed by atoms with Gasteiger partial charge in [0.15, 0.2) is 0 Å². The highest BCUT2D eigenvalue weighted by atomic mass is 35.5. The third-order valence-corrected chi connectivity index (χ3v) is 3.50. The number of hydrogen-bond acceptors (Lipinski definition) is 3. The molecule has 0 aliphatic carbocycles. The summed E-state index contributed by atoms with van der Waals surface area (Å²) < 4.78 is 5.62. The number of amides is 1. The molecule has 104 valence electrons. The summed E-state index contributed by atoms with van der Waals surface area (Å²) in [6, 6.07) is 3.04. The van der Waals surface area contributed by atoms with Crippen LogP contribution in [0.1, 0.15) is 29.6 Å². The van der Waals surface area contributed by atoms with Gasteiger partial charge in [-0.2, -0.15) is 0 Å². The van der Waals surface area contributed by atoms with Gasteiger partial charge in [-0.25, -0.2) is 4.98 Å². The zero-order chi connectivity index (χ0) is 13.8. The van der Waals surface area contributed by atoms with E-state index in [1.165, 1.54) is 12.1 Å². The average molecular weight is 303 g/mol. The number of hydrogen-bond donors (Lipinski definition) is 0. The molecule has 0 aromatic carbocycles. The molecule has 1 amide bonds. The van der Waals surface area contributed by atoms with Crippen LogP contribution in [0.4, 0.5) is 0 Å². The fourth-order valence-electron chi connectivity index (χ4n) is 2.15. The molecular weight excluding hydrogens is 287 g/mol. The van der Waals surface area contributed by atoms with Crippen LogP contribution in [0, 0.1) is 0 Å². The van der Waals surface area contributed by atoms with Gasteiger partial charge in [0, 0.05) is 25.8 Å². The molecule has 4 nitrogen and oxygen atoms in total. The topological polar surface area (TPSA) is 42.4 Å². The van der Waals surface area contributed by atoms with Crippen LogP contribution in [0.3, 0.4) is 0 Å². The minimum Gasteiger partial charge on any atom is -0.376 e. The molecule has 1 unspecified atom stereocenters. The van der Waals surface area contributed by atoms with Crippen LogP contribution in [0.25, 0.3) is 0 Å². The molecule has 2 heterocycles. The van der Waals surface area contributed by atoms with E-state index in [1.807, 2.05) is 0 Å². The van der Waals surface area contributed by atoms with Gasteiger partial charge in [-0.15, -0.1) is 0 Å². The van der Waals surface area contributed by atoms with Crippen LogP contribution >= 0.6 is 23.2 Å². The van der Waals surface area contributed by atoms with Crippen LogP contribution in [0.15, 0.2) is 12.1 Å². The molecule has 1 aliphatic rings. The Kier molecular flexibility index (Phi) is 5.02. The van der Waals surface area contributed by atoms with Gasteiger partial charge in [0.2, 0.25) is 0 Å². The fourth-order valence-corrected chi connectivity index (χ4v) is 2.61. The molecule has 2 rings (SSSR count). The zero-order valence-electron chi connectivity index (χ0n) is 10.7. The van der Waals surface area contributed by atoms with Gasteiger partial charge < -0.3 is 9.64 Å². The molecule has 0 radical (unpaired) electrons. The minimum absolute atomic E-state index is 0.121. The molecule has 0 spiro atoms. The van der Waals surface area contributed by atoms with Gasteiger partial charge in [0.25, 0.3) is 5.91 Å². The van der Waals surface area contributed by atoms with Crippen molar-refractivity contribution in [3.8, 4) is 0 Å². The van der Waals surface area contributed by atoms with Gasteiger partial charge in [-0.05, 0) is 31.4 Å². The summed E-state index contributed by atoms with van der Waals surface area (Å²) in [7, 11) is 1.75. The SMILES string of the molecule is CN(CC1CCCCO1)C(=O)c1cc(Cl)nc(Cl)c1. The van der Waals surface area contributed by atoms with E-state index in [4.69, 9.17) is 27.9 Å². The van der Waals surface area contributed by atoms with Crippen LogP contribution in [0.2, 0.25) is 10.3 Å². The Balaban J connectivity index is 2.01. The third-order valence-electron chi connectivity index (χ3n) is 3.11. The zero-order valence-corrected chi connectivity index (χ0v) is 12.2. The lowest BCUT2D eigenvalue weighted by Crippen LogP contribution is -2.37. The lowest BCUT2D eigenvalue weighted by atomic mass is 10.1. The normalized spacial score (nSPS) is 19.2. The number of ether oxygens (including phenoxy) is 1. The van der Waals surface area contributed by atoms with Gasteiger partial charge >= 0.3 is 0 Å². The molecule has 1 aromatic rings. The van der Waals surface area contributed by atoms with Crippen molar-refractivity contribution in [1.29, 1.82) is 0 Å². The van der Waals surface area contributed by atoms with E-state index in [1.54, 1.807) is 11.9 Å². The number of halogens is 2. The number of aromatic nitrogens is 1. The number of carbonyl (C=O) groups is 1.